The topological polar surface area (TPSA) is 22.1 Å². The van der Waals surface area contributed by atoms with Crippen molar-refractivity contribution in [1.82, 2.24) is 4.98 Å². The molecule has 0 bridgehead atoms. The molecule has 2 nitrogen and oxygen atoms in total. The van der Waals surface area contributed by atoms with Gasteiger partial charge in [0.1, 0.15) is 0 Å². The maximum absolute atomic E-state index is 4.92. The second-order valence-corrected chi connectivity index (χ2v) is 3.03. The molecule has 3 heteroatoms. The van der Waals surface area contributed by atoms with Gasteiger partial charge < -0.3 is 4.74 Å². The Balaban J connectivity index is 2.15. The molecule has 0 fully saturated rings. The summed E-state index contributed by atoms with van der Waals surface area (Å²) in [5.74, 6) is 0. The van der Waals surface area contributed by atoms with Crippen LogP contribution in [-0.4, -0.2) is 18.7 Å². The molecule has 56 valence electrons. The van der Waals surface area contributed by atoms with E-state index >= 15 is 0 Å². The molecule has 0 aliphatic heterocycles. The predicted molar refractivity (Wildman–Crippen MR) is 42.3 cm³/mol. The minimum absolute atomic E-state index is 0.845. The summed E-state index contributed by atoms with van der Waals surface area (Å²) in [6, 6.07) is 0. The number of methoxy groups -OCH3 is 1. The van der Waals surface area contributed by atoms with Crippen LogP contribution in [0.5, 0.6) is 0 Å². The average Bonchev–Trinajstić information content (AvgIpc) is 2.41. The van der Waals surface area contributed by atoms with E-state index in [2.05, 4.69) is 4.98 Å². The smallest absolute Gasteiger partial charge is 0.0794 e. The molecule has 0 unspecified atom stereocenters. The number of aryl methyl sites for hydroxylation is 1. The molecule has 0 N–H and O–H groups in total. The van der Waals surface area contributed by atoms with Gasteiger partial charge in [0, 0.05) is 24.8 Å². The molecule has 10 heavy (non-hydrogen) atoms. The van der Waals surface area contributed by atoms with Crippen LogP contribution in [0.3, 0.4) is 0 Å². The number of hydrogen-bond acceptors (Lipinski definition) is 3. The SMILES string of the molecule is COCCCc1cncs1. The van der Waals surface area contributed by atoms with Crippen LogP contribution in [0, 0.1) is 0 Å². The first kappa shape index (κ1) is 7.69. The summed E-state index contributed by atoms with van der Waals surface area (Å²) in [4.78, 5) is 5.32. The summed E-state index contributed by atoms with van der Waals surface area (Å²) in [6.45, 7) is 0.845. The number of nitrogens with zero attached hydrogens (tertiary/aromatic N) is 1. The Bertz CT molecular complexity index is 162. The van der Waals surface area contributed by atoms with Gasteiger partial charge >= 0.3 is 0 Å². The fourth-order valence-corrected chi connectivity index (χ4v) is 1.40. The highest BCUT2D eigenvalue weighted by Gasteiger charge is 1.92. The summed E-state index contributed by atoms with van der Waals surface area (Å²) >= 11 is 1.71. The molecule has 0 saturated heterocycles. The van der Waals surface area contributed by atoms with E-state index in [9.17, 15) is 0 Å². The molecule has 1 rings (SSSR count). The van der Waals surface area contributed by atoms with Gasteiger partial charge in [0.05, 0.1) is 5.51 Å². The molecule has 0 aromatic carbocycles. The van der Waals surface area contributed by atoms with Crippen molar-refractivity contribution in [2.75, 3.05) is 13.7 Å². The lowest BCUT2D eigenvalue weighted by Crippen LogP contribution is -1.89. The van der Waals surface area contributed by atoms with Gasteiger partial charge in [0.2, 0.25) is 0 Å². The number of rotatable bonds is 4. The summed E-state index contributed by atoms with van der Waals surface area (Å²) in [6.07, 6.45) is 4.11. The molecule has 0 amide bonds. The van der Waals surface area contributed by atoms with Crippen LogP contribution in [0.15, 0.2) is 11.7 Å². The summed E-state index contributed by atoms with van der Waals surface area (Å²) < 4.78 is 4.92. The molecular weight excluding hydrogens is 146 g/mol. The quantitative estimate of drug-likeness (QED) is 0.621. The van der Waals surface area contributed by atoms with Crippen LogP contribution in [0.4, 0.5) is 0 Å². The van der Waals surface area contributed by atoms with Gasteiger partial charge in [0.15, 0.2) is 0 Å². The third-order valence-electron chi connectivity index (χ3n) is 1.26. The normalized spacial score (nSPS) is 10.1. The molecule has 0 saturated carbocycles. The van der Waals surface area contributed by atoms with Gasteiger partial charge in [-0.3, -0.25) is 4.98 Å². The van der Waals surface area contributed by atoms with Crippen molar-refractivity contribution < 1.29 is 4.74 Å². The van der Waals surface area contributed by atoms with Gasteiger partial charge in [-0.05, 0) is 12.8 Å². The summed E-state index contributed by atoms with van der Waals surface area (Å²) in [5.41, 5.74) is 1.86. The average molecular weight is 157 g/mol. The minimum atomic E-state index is 0.845. The first-order valence-corrected chi connectivity index (χ1v) is 4.18. The number of thiazole rings is 1. The van der Waals surface area contributed by atoms with Crippen molar-refractivity contribution >= 4 is 11.3 Å². The van der Waals surface area contributed by atoms with E-state index in [1.807, 2.05) is 11.7 Å². The zero-order valence-electron chi connectivity index (χ0n) is 6.04. The molecule has 0 radical (unpaired) electrons. The lowest BCUT2D eigenvalue weighted by molar-refractivity contribution is 0.195. The number of aromatic nitrogens is 1. The maximum Gasteiger partial charge on any atom is 0.0794 e. The number of hydrogen-bond donors (Lipinski definition) is 0. The highest BCUT2D eigenvalue weighted by Crippen LogP contribution is 2.07. The van der Waals surface area contributed by atoms with Crippen molar-refractivity contribution in [1.29, 1.82) is 0 Å². The van der Waals surface area contributed by atoms with Crippen LogP contribution in [0.1, 0.15) is 11.3 Å². The van der Waals surface area contributed by atoms with Crippen LogP contribution < -0.4 is 0 Å². The van der Waals surface area contributed by atoms with E-state index in [1.54, 1.807) is 18.4 Å². The Morgan fingerprint density at radius 3 is 3.20 bits per heavy atom. The van der Waals surface area contributed by atoms with Gasteiger partial charge in [-0.25, -0.2) is 0 Å². The first-order valence-electron chi connectivity index (χ1n) is 3.30. The lowest BCUT2D eigenvalue weighted by atomic mass is 10.3. The minimum Gasteiger partial charge on any atom is -0.385 e. The molecule has 0 aliphatic rings. The fraction of sp³-hybridized carbons (Fsp3) is 0.571. The Morgan fingerprint density at radius 1 is 1.70 bits per heavy atom. The van der Waals surface area contributed by atoms with E-state index in [0.29, 0.717) is 0 Å². The molecular formula is C7H11NOS. The Morgan fingerprint density at radius 2 is 2.60 bits per heavy atom. The van der Waals surface area contributed by atoms with Crippen molar-refractivity contribution in [2.24, 2.45) is 0 Å². The molecule has 0 spiro atoms. The van der Waals surface area contributed by atoms with Crippen molar-refractivity contribution in [3.8, 4) is 0 Å². The van der Waals surface area contributed by atoms with Gasteiger partial charge in [-0.2, -0.15) is 0 Å². The summed E-state index contributed by atoms with van der Waals surface area (Å²) in [5, 5.41) is 0. The second kappa shape index (κ2) is 4.41. The zero-order chi connectivity index (χ0) is 7.23. The highest BCUT2D eigenvalue weighted by molar-refractivity contribution is 7.09. The van der Waals surface area contributed by atoms with Crippen LogP contribution in [-0.2, 0) is 11.2 Å². The standard InChI is InChI=1S/C7H11NOS/c1-9-4-2-3-7-5-8-6-10-7/h5-6H,2-4H2,1H3. The second-order valence-electron chi connectivity index (χ2n) is 2.06. The molecule has 0 atom stereocenters. The third-order valence-corrected chi connectivity index (χ3v) is 2.09. The van der Waals surface area contributed by atoms with E-state index in [0.717, 1.165) is 19.4 Å². The number of ether oxygens (including phenoxy) is 1. The highest BCUT2D eigenvalue weighted by atomic mass is 32.1. The largest absolute Gasteiger partial charge is 0.385 e. The summed E-state index contributed by atoms with van der Waals surface area (Å²) in [7, 11) is 1.73. The van der Waals surface area contributed by atoms with Crippen LogP contribution >= 0.6 is 11.3 Å². The zero-order valence-corrected chi connectivity index (χ0v) is 6.86. The van der Waals surface area contributed by atoms with Gasteiger partial charge in [0.25, 0.3) is 0 Å². The van der Waals surface area contributed by atoms with Crippen molar-refractivity contribution in [3.63, 3.8) is 0 Å². The first-order chi connectivity index (χ1) is 4.93. The third kappa shape index (κ3) is 2.45. The van der Waals surface area contributed by atoms with Crippen LogP contribution in [0.25, 0.3) is 0 Å². The van der Waals surface area contributed by atoms with E-state index in [1.165, 1.54) is 4.88 Å². The van der Waals surface area contributed by atoms with Crippen molar-refractivity contribution in [3.05, 3.63) is 16.6 Å². The predicted octanol–water partition coefficient (Wildman–Crippen LogP) is 1.72. The van der Waals surface area contributed by atoms with Gasteiger partial charge in [-0.15, -0.1) is 11.3 Å². The van der Waals surface area contributed by atoms with E-state index < -0.39 is 0 Å². The molecule has 1 heterocycles. The molecule has 1 aromatic heterocycles. The Labute approximate surface area is 64.9 Å². The fourth-order valence-electron chi connectivity index (χ4n) is 0.756. The Hall–Kier alpha value is -0.410. The van der Waals surface area contributed by atoms with E-state index in [-0.39, 0.29) is 0 Å². The van der Waals surface area contributed by atoms with Crippen molar-refractivity contribution in [2.45, 2.75) is 12.8 Å². The molecule has 1 aromatic rings. The van der Waals surface area contributed by atoms with Crippen LogP contribution in [0.2, 0.25) is 0 Å². The monoisotopic (exact) mass is 157 g/mol. The van der Waals surface area contributed by atoms with Gasteiger partial charge in [-0.1, -0.05) is 0 Å². The maximum atomic E-state index is 4.92. The Kier molecular flexibility index (Phi) is 3.40. The van der Waals surface area contributed by atoms with E-state index in [4.69, 9.17) is 4.74 Å². The lowest BCUT2D eigenvalue weighted by Gasteiger charge is -1.94. The molecule has 0 aliphatic carbocycles.